The van der Waals surface area contributed by atoms with Gasteiger partial charge in [-0.05, 0) is 30.0 Å². The number of benzene rings is 1. The molecule has 1 unspecified atom stereocenters. The molecule has 0 N–H and O–H groups in total. The molecule has 1 aromatic carbocycles. The van der Waals surface area contributed by atoms with Crippen LogP contribution in [0.1, 0.15) is 25.0 Å². The summed E-state index contributed by atoms with van der Waals surface area (Å²) < 4.78 is 0. The largest absolute Gasteiger partial charge is 0.334 e. The molecule has 2 heteroatoms. The second-order valence-electron chi connectivity index (χ2n) is 4.39. The number of aryl methyl sites for hydroxylation is 2. The fourth-order valence-electron chi connectivity index (χ4n) is 2.39. The second kappa shape index (κ2) is 5.67. The van der Waals surface area contributed by atoms with Crippen molar-refractivity contribution in [3.8, 4) is 0 Å². The van der Waals surface area contributed by atoms with Crippen LogP contribution in [0, 0.1) is 0 Å². The number of hydrogen-bond acceptors (Lipinski definition) is 2. The summed E-state index contributed by atoms with van der Waals surface area (Å²) in [6.07, 6.45) is 10.8. The third-order valence-corrected chi connectivity index (χ3v) is 3.35. The lowest BCUT2D eigenvalue weighted by molar-refractivity contribution is -0.108. The van der Waals surface area contributed by atoms with Crippen molar-refractivity contribution >= 4 is 12.0 Å². The fraction of sp³-hybridized carbons (Fsp3) is 0.312. The molecule has 1 heterocycles. The molecular formula is C16H19NO. The van der Waals surface area contributed by atoms with Crippen LogP contribution in [0.15, 0.2) is 42.6 Å². The van der Waals surface area contributed by atoms with Crippen LogP contribution < -0.4 is 4.90 Å². The molecule has 2 nitrogen and oxygen atoms in total. The van der Waals surface area contributed by atoms with Gasteiger partial charge >= 0.3 is 0 Å². The smallest absolute Gasteiger partial charge is 0.146 e. The van der Waals surface area contributed by atoms with Gasteiger partial charge in [0.2, 0.25) is 0 Å². The molecule has 18 heavy (non-hydrogen) atoms. The maximum atomic E-state index is 11.2. The first-order valence-electron chi connectivity index (χ1n) is 6.51. The molecule has 0 saturated carbocycles. The normalized spacial score (nSPS) is 18.1. The highest BCUT2D eigenvalue weighted by atomic mass is 16.1. The summed E-state index contributed by atoms with van der Waals surface area (Å²) in [4.78, 5) is 13.3. The molecule has 0 fully saturated rings. The van der Waals surface area contributed by atoms with Crippen LogP contribution in [0.5, 0.6) is 0 Å². The highest BCUT2D eigenvalue weighted by Crippen LogP contribution is 2.29. The molecule has 94 valence electrons. The lowest BCUT2D eigenvalue weighted by Crippen LogP contribution is -2.33. The number of anilines is 1. The van der Waals surface area contributed by atoms with Gasteiger partial charge in [-0.25, -0.2) is 0 Å². The summed E-state index contributed by atoms with van der Waals surface area (Å²) in [5, 5.41) is 0. The Morgan fingerprint density at radius 3 is 2.39 bits per heavy atom. The van der Waals surface area contributed by atoms with Crippen molar-refractivity contribution in [3.63, 3.8) is 0 Å². The highest BCUT2D eigenvalue weighted by Gasteiger charge is 2.19. The van der Waals surface area contributed by atoms with E-state index in [1.807, 2.05) is 24.4 Å². The summed E-state index contributed by atoms with van der Waals surface area (Å²) in [7, 11) is 0. The fourth-order valence-corrected chi connectivity index (χ4v) is 2.39. The van der Waals surface area contributed by atoms with E-state index < -0.39 is 0 Å². The third-order valence-electron chi connectivity index (χ3n) is 3.35. The quantitative estimate of drug-likeness (QED) is 0.754. The van der Waals surface area contributed by atoms with Crippen LogP contribution in [0.4, 0.5) is 5.69 Å². The molecule has 0 radical (unpaired) electrons. The molecule has 1 atom stereocenters. The van der Waals surface area contributed by atoms with E-state index in [9.17, 15) is 4.79 Å². The Kier molecular flexibility index (Phi) is 3.98. The van der Waals surface area contributed by atoms with Gasteiger partial charge in [0, 0.05) is 11.9 Å². The number of carbonyl (C=O) groups is 1. The lowest BCUT2D eigenvalue weighted by Gasteiger charge is -2.30. The number of hydrogen-bond donors (Lipinski definition) is 0. The molecule has 0 bridgehead atoms. The number of allylic oxidation sites excluding steroid dienone is 2. The maximum absolute atomic E-state index is 11.2. The zero-order valence-corrected chi connectivity index (χ0v) is 11.0. The predicted octanol–water partition coefficient (Wildman–Crippen LogP) is 3.27. The van der Waals surface area contributed by atoms with Crippen LogP contribution in [0.25, 0.3) is 0 Å². The highest BCUT2D eigenvalue weighted by molar-refractivity contribution is 5.75. The number of nitrogens with zero attached hydrogens (tertiary/aromatic N) is 1. The Labute approximate surface area is 109 Å². The van der Waals surface area contributed by atoms with Crippen molar-refractivity contribution in [2.24, 2.45) is 0 Å². The van der Waals surface area contributed by atoms with Gasteiger partial charge < -0.3 is 9.69 Å². The molecule has 0 aliphatic carbocycles. The van der Waals surface area contributed by atoms with Crippen molar-refractivity contribution in [2.45, 2.75) is 32.7 Å². The topological polar surface area (TPSA) is 20.3 Å². The molecule has 0 spiro atoms. The Morgan fingerprint density at radius 2 is 1.83 bits per heavy atom. The van der Waals surface area contributed by atoms with Gasteiger partial charge in [0.05, 0.1) is 0 Å². The second-order valence-corrected chi connectivity index (χ2v) is 4.39. The number of rotatable bonds is 4. The SMILES string of the molecule is CCc1cccc(CC)c1N1C=CC=CC1C=O. The van der Waals surface area contributed by atoms with E-state index in [1.54, 1.807) is 0 Å². The number of carbonyl (C=O) groups excluding carboxylic acids is 1. The summed E-state index contributed by atoms with van der Waals surface area (Å²) in [5.41, 5.74) is 3.78. The van der Waals surface area contributed by atoms with E-state index in [0.29, 0.717) is 0 Å². The van der Waals surface area contributed by atoms with Gasteiger partial charge in [-0.2, -0.15) is 0 Å². The zero-order chi connectivity index (χ0) is 13.0. The molecule has 1 aliphatic heterocycles. The van der Waals surface area contributed by atoms with Crippen LogP contribution in [0.2, 0.25) is 0 Å². The summed E-state index contributed by atoms with van der Waals surface area (Å²) in [6.45, 7) is 4.30. The molecule has 1 aliphatic rings. The van der Waals surface area contributed by atoms with Gasteiger partial charge in [-0.1, -0.05) is 44.2 Å². The number of aldehydes is 1. The molecule has 0 saturated heterocycles. The van der Waals surface area contributed by atoms with E-state index in [2.05, 4.69) is 36.9 Å². The Hall–Kier alpha value is -1.83. The monoisotopic (exact) mass is 241 g/mol. The van der Waals surface area contributed by atoms with E-state index in [0.717, 1.165) is 19.1 Å². The van der Waals surface area contributed by atoms with E-state index >= 15 is 0 Å². The standard InChI is InChI=1S/C16H19NO/c1-3-13-8-7-9-14(4-2)16(13)17-11-6-5-10-15(17)12-18/h5-12,15H,3-4H2,1-2H3. The van der Waals surface area contributed by atoms with E-state index in [4.69, 9.17) is 0 Å². The van der Waals surface area contributed by atoms with Gasteiger partial charge in [-0.3, -0.25) is 0 Å². The Balaban J connectivity index is 2.51. The van der Waals surface area contributed by atoms with Crippen LogP contribution in [0.3, 0.4) is 0 Å². The van der Waals surface area contributed by atoms with Gasteiger partial charge in [0.15, 0.2) is 0 Å². The summed E-state index contributed by atoms with van der Waals surface area (Å²) >= 11 is 0. The maximum Gasteiger partial charge on any atom is 0.146 e. The van der Waals surface area contributed by atoms with Crippen molar-refractivity contribution < 1.29 is 4.79 Å². The predicted molar refractivity (Wildman–Crippen MR) is 75.8 cm³/mol. The first-order chi connectivity index (χ1) is 8.81. The van der Waals surface area contributed by atoms with E-state index in [1.165, 1.54) is 16.8 Å². The van der Waals surface area contributed by atoms with Crippen LogP contribution in [-0.4, -0.2) is 12.3 Å². The molecule has 0 amide bonds. The van der Waals surface area contributed by atoms with Crippen LogP contribution in [-0.2, 0) is 17.6 Å². The van der Waals surface area contributed by atoms with Crippen molar-refractivity contribution in [1.82, 2.24) is 0 Å². The van der Waals surface area contributed by atoms with Crippen molar-refractivity contribution in [2.75, 3.05) is 4.90 Å². The minimum atomic E-state index is -0.187. The van der Waals surface area contributed by atoms with Crippen molar-refractivity contribution in [1.29, 1.82) is 0 Å². The summed E-state index contributed by atoms with van der Waals surface area (Å²) in [5.74, 6) is 0. The molecular weight excluding hydrogens is 222 g/mol. The molecule has 1 aromatic rings. The number of para-hydroxylation sites is 1. The average Bonchev–Trinajstić information content (AvgIpc) is 2.46. The molecule has 2 rings (SSSR count). The molecule has 0 aromatic heterocycles. The van der Waals surface area contributed by atoms with Gasteiger partial charge in [-0.15, -0.1) is 0 Å². The minimum absolute atomic E-state index is 0.187. The van der Waals surface area contributed by atoms with E-state index in [-0.39, 0.29) is 6.04 Å². The van der Waals surface area contributed by atoms with Crippen LogP contribution >= 0.6 is 0 Å². The van der Waals surface area contributed by atoms with Crippen molar-refractivity contribution in [3.05, 3.63) is 53.8 Å². The summed E-state index contributed by atoms with van der Waals surface area (Å²) in [6, 6.07) is 6.19. The average molecular weight is 241 g/mol. The van der Waals surface area contributed by atoms with Gasteiger partial charge in [0.1, 0.15) is 12.3 Å². The van der Waals surface area contributed by atoms with Gasteiger partial charge in [0.25, 0.3) is 0 Å². The third kappa shape index (κ3) is 2.23. The first kappa shape index (κ1) is 12.6. The zero-order valence-electron chi connectivity index (χ0n) is 11.0. The Bertz CT molecular complexity index is 466. The first-order valence-corrected chi connectivity index (χ1v) is 6.51. The minimum Gasteiger partial charge on any atom is -0.334 e. The lowest BCUT2D eigenvalue weighted by atomic mass is 10.00. The Morgan fingerprint density at radius 1 is 1.17 bits per heavy atom.